The van der Waals surface area contributed by atoms with E-state index in [-0.39, 0.29) is 5.60 Å². The van der Waals surface area contributed by atoms with Crippen molar-refractivity contribution in [3.05, 3.63) is 12.7 Å². The molecule has 0 bridgehead atoms. The monoisotopic (exact) mass is 290 g/mol. The van der Waals surface area contributed by atoms with Gasteiger partial charge < -0.3 is 4.74 Å². The summed E-state index contributed by atoms with van der Waals surface area (Å²) in [7, 11) is 0. The van der Waals surface area contributed by atoms with Gasteiger partial charge in [-0.2, -0.15) is 0 Å². The fourth-order valence-corrected chi connectivity index (χ4v) is 6.13. The van der Waals surface area contributed by atoms with Gasteiger partial charge in [-0.05, 0) is 67.6 Å². The lowest BCUT2D eigenvalue weighted by molar-refractivity contribution is -0.221. The van der Waals surface area contributed by atoms with Crippen LogP contribution in [0.25, 0.3) is 0 Å². The molecule has 0 aromatic rings. The van der Waals surface area contributed by atoms with Gasteiger partial charge in [0, 0.05) is 0 Å². The Balaban J connectivity index is 1.93. The highest BCUT2D eigenvalue weighted by Gasteiger charge is 2.58. The van der Waals surface area contributed by atoms with Crippen molar-refractivity contribution in [1.82, 2.24) is 0 Å². The van der Waals surface area contributed by atoms with Gasteiger partial charge in [0.25, 0.3) is 0 Å². The maximum absolute atomic E-state index is 6.60. The van der Waals surface area contributed by atoms with Gasteiger partial charge >= 0.3 is 0 Å². The molecule has 0 amide bonds. The molecule has 1 heterocycles. The molecule has 0 aromatic heterocycles. The minimum Gasteiger partial charge on any atom is -0.367 e. The Labute approximate surface area is 131 Å². The van der Waals surface area contributed by atoms with Crippen LogP contribution in [-0.2, 0) is 4.74 Å². The predicted molar refractivity (Wildman–Crippen MR) is 89.2 cm³/mol. The molecular weight excluding hydrogens is 256 g/mol. The molecule has 1 heteroatoms. The van der Waals surface area contributed by atoms with E-state index in [1.54, 1.807) is 0 Å². The van der Waals surface area contributed by atoms with Crippen molar-refractivity contribution in [2.75, 3.05) is 0 Å². The Hall–Kier alpha value is -0.300. The summed E-state index contributed by atoms with van der Waals surface area (Å²) in [5.74, 6) is 2.30. The van der Waals surface area contributed by atoms with Gasteiger partial charge in [-0.15, -0.1) is 6.58 Å². The Bertz CT molecular complexity index is 426. The molecule has 2 aliphatic carbocycles. The fraction of sp³-hybridized carbons (Fsp3) is 0.900. The van der Waals surface area contributed by atoms with Crippen LogP contribution < -0.4 is 0 Å². The van der Waals surface area contributed by atoms with E-state index in [4.69, 9.17) is 4.74 Å². The smallest absolute Gasteiger partial charge is 0.0836 e. The highest BCUT2D eigenvalue weighted by molar-refractivity contribution is 5.09. The van der Waals surface area contributed by atoms with E-state index >= 15 is 0 Å². The van der Waals surface area contributed by atoms with E-state index in [1.807, 2.05) is 6.08 Å². The van der Waals surface area contributed by atoms with Gasteiger partial charge in [-0.3, -0.25) is 0 Å². The quantitative estimate of drug-likeness (QED) is 0.571. The Kier molecular flexibility index (Phi) is 3.60. The van der Waals surface area contributed by atoms with Crippen molar-refractivity contribution in [2.24, 2.45) is 28.6 Å². The third-order valence-corrected chi connectivity index (χ3v) is 7.48. The molecule has 1 saturated heterocycles. The molecule has 0 aromatic carbocycles. The molecule has 0 spiro atoms. The summed E-state index contributed by atoms with van der Waals surface area (Å²) in [6.45, 7) is 16.3. The maximum Gasteiger partial charge on any atom is 0.0836 e. The molecular formula is C20H34O. The molecule has 0 radical (unpaired) electrons. The van der Waals surface area contributed by atoms with Crippen LogP contribution >= 0.6 is 0 Å². The molecule has 1 nitrogen and oxygen atoms in total. The van der Waals surface area contributed by atoms with Crippen molar-refractivity contribution >= 4 is 0 Å². The van der Waals surface area contributed by atoms with Crippen molar-refractivity contribution in [3.63, 3.8) is 0 Å². The first-order chi connectivity index (χ1) is 9.72. The van der Waals surface area contributed by atoms with E-state index in [0.717, 1.165) is 18.3 Å². The van der Waals surface area contributed by atoms with Crippen LogP contribution in [0.3, 0.4) is 0 Å². The summed E-state index contributed by atoms with van der Waals surface area (Å²) in [6, 6.07) is 0. The average Bonchev–Trinajstić information content (AvgIpc) is 2.41. The second-order valence-corrected chi connectivity index (χ2v) is 9.36. The first-order valence-electron chi connectivity index (χ1n) is 9.03. The van der Waals surface area contributed by atoms with Crippen LogP contribution in [0.2, 0.25) is 0 Å². The summed E-state index contributed by atoms with van der Waals surface area (Å²) in [5.41, 5.74) is 0.898. The maximum atomic E-state index is 6.60. The second-order valence-electron chi connectivity index (χ2n) is 9.36. The van der Waals surface area contributed by atoms with Crippen LogP contribution in [0.15, 0.2) is 12.7 Å². The summed E-state index contributed by atoms with van der Waals surface area (Å²) in [6.07, 6.45) is 10.5. The zero-order valence-electron chi connectivity index (χ0n) is 14.7. The summed E-state index contributed by atoms with van der Waals surface area (Å²) >= 11 is 0. The minimum atomic E-state index is -0.0944. The van der Waals surface area contributed by atoms with Crippen LogP contribution in [0.5, 0.6) is 0 Å². The lowest BCUT2D eigenvalue weighted by atomic mass is 9.45. The average molecular weight is 290 g/mol. The number of hydrogen-bond acceptors (Lipinski definition) is 1. The van der Waals surface area contributed by atoms with Crippen LogP contribution in [0, 0.1) is 28.6 Å². The van der Waals surface area contributed by atoms with Gasteiger partial charge in [-0.25, -0.2) is 0 Å². The molecule has 3 aliphatic rings. The molecule has 2 saturated carbocycles. The minimum absolute atomic E-state index is 0.0944. The number of hydrogen-bond donors (Lipinski definition) is 0. The van der Waals surface area contributed by atoms with Crippen molar-refractivity contribution in [3.8, 4) is 0 Å². The van der Waals surface area contributed by atoms with Gasteiger partial charge in [-0.1, -0.05) is 40.2 Å². The van der Waals surface area contributed by atoms with Gasteiger partial charge in [0.15, 0.2) is 0 Å². The Morgan fingerprint density at radius 3 is 2.48 bits per heavy atom. The van der Waals surface area contributed by atoms with Crippen molar-refractivity contribution in [2.45, 2.75) is 84.8 Å². The normalized spacial score (nSPS) is 52.6. The third kappa shape index (κ3) is 2.31. The van der Waals surface area contributed by atoms with E-state index in [0.29, 0.717) is 22.9 Å². The van der Waals surface area contributed by atoms with E-state index in [1.165, 1.54) is 32.1 Å². The first kappa shape index (κ1) is 15.6. The SMILES string of the molecule is C=CC1(C)CCC2C(O1)C(C)CC1C(C)(C)CCCC21C. The number of rotatable bonds is 1. The number of fused-ring (bicyclic) bond motifs is 3. The van der Waals surface area contributed by atoms with E-state index in [2.05, 4.69) is 41.2 Å². The highest BCUT2D eigenvalue weighted by Crippen LogP contribution is 2.63. The van der Waals surface area contributed by atoms with Crippen LogP contribution in [0.4, 0.5) is 0 Å². The van der Waals surface area contributed by atoms with E-state index in [9.17, 15) is 0 Å². The van der Waals surface area contributed by atoms with Crippen molar-refractivity contribution < 1.29 is 4.74 Å². The highest BCUT2D eigenvalue weighted by atomic mass is 16.5. The molecule has 3 fully saturated rings. The van der Waals surface area contributed by atoms with Gasteiger partial charge in [0.05, 0.1) is 11.7 Å². The van der Waals surface area contributed by atoms with Crippen LogP contribution in [-0.4, -0.2) is 11.7 Å². The van der Waals surface area contributed by atoms with Crippen molar-refractivity contribution in [1.29, 1.82) is 0 Å². The first-order valence-corrected chi connectivity index (χ1v) is 9.03. The summed E-state index contributed by atoms with van der Waals surface area (Å²) in [5, 5.41) is 0. The Morgan fingerprint density at radius 2 is 1.81 bits per heavy atom. The molecule has 120 valence electrons. The van der Waals surface area contributed by atoms with Gasteiger partial charge in [0.2, 0.25) is 0 Å². The second kappa shape index (κ2) is 4.85. The van der Waals surface area contributed by atoms with Crippen LogP contribution in [0.1, 0.15) is 73.1 Å². The lowest BCUT2D eigenvalue weighted by Gasteiger charge is -2.63. The molecule has 0 N–H and O–H groups in total. The molecule has 3 rings (SSSR count). The molecule has 6 unspecified atom stereocenters. The number of ether oxygens (including phenoxy) is 1. The zero-order chi connectivity index (χ0) is 15.5. The molecule has 6 atom stereocenters. The molecule has 21 heavy (non-hydrogen) atoms. The fourth-order valence-electron chi connectivity index (χ4n) is 6.13. The van der Waals surface area contributed by atoms with Gasteiger partial charge in [0.1, 0.15) is 0 Å². The Morgan fingerprint density at radius 1 is 1.10 bits per heavy atom. The zero-order valence-corrected chi connectivity index (χ0v) is 14.7. The summed E-state index contributed by atoms with van der Waals surface area (Å²) < 4.78 is 6.60. The third-order valence-electron chi connectivity index (χ3n) is 7.48. The standard InChI is InChI=1S/C20H34O/c1-7-19(5)12-9-15-17(21-19)14(2)13-16-18(3,4)10-8-11-20(15,16)6/h7,14-17H,1,8-13H2,2-6H3. The summed E-state index contributed by atoms with van der Waals surface area (Å²) in [4.78, 5) is 0. The lowest BCUT2D eigenvalue weighted by Crippen LogP contribution is -2.59. The predicted octanol–water partition coefficient (Wildman–Crippen LogP) is 5.60. The molecule has 1 aliphatic heterocycles. The largest absolute Gasteiger partial charge is 0.367 e. The van der Waals surface area contributed by atoms with E-state index < -0.39 is 0 Å². The topological polar surface area (TPSA) is 9.23 Å².